The Morgan fingerprint density at radius 2 is 2.05 bits per heavy atom. The Morgan fingerprint density at radius 1 is 1.42 bits per heavy atom. The van der Waals surface area contributed by atoms with Crippen molar-refractivity contribution in [3.05, 3.63) is 0 Å². The molecule has 1 amide bonds. The van der Waals surface area contributed by atoms with Gasteiger partial charge in [0.05, 0.1) is 11.0 Å². The fourth-order valence-electron chi connectivity index (χ4n) is 1.86. The van der Waals surface area contributed by atoms with Gasteiger partial charge in [-0.1, -0.05) is 12.2 Å². The lowest BCUT2D eigenvalue weighted by molar-refractivity contribution is -0.126. The molecule has 0 rings (SSSR count). The molecule has 0 heterocycles. The van der Waals surface area contributed by atoms with Crippen LogP contribution in [-0.2, 0) is 9.53 Å². The quantitative estimate of drug-likeness (QED) is 0.462. The maximum atomic E-state index is 12.0. The van der Waals surface area contributed by atoms with Gasteiger partial charge in [0.1, 0.15) is 0 Å². The van der Waals surface area contributed by atoms with Crippen LogP contribution < -0.4 is 11.1 Å². The highest BCUT2D eigenvalue weighted by molar-refractivity contribution is 7.80. The summed E-state index contributed by atoms with van der Waals surface area (Å²) < 4.78 is 4.94. The molecule has 0 aromatic heterocycles. The van der Waals surface area contributed by atoms with E-state index in [-0.39, 0.29) is 18.0 Å². The van der Waals surface area contributed by atoms with E-state index in [1.807, 2.05) is 6.92 Å². The van der Waals surface area contributed by atoms with Crippen LogP contribution >= 0.6 is 12.2 Å². The van der Waals surface area contributed by atoms with Crippen molar-refractivity contribution in [2.24, 2.45) is 5.73 Å². The zero-order valence-corrected chi connectivity index (χ0v) is 13.3. The molecule has 0 aliphatic rings. The van der Waals surface area contributed by atoms with Crippen LogP contribution in [0.2, 0.25) is 0 Å². The Kier molecular flexibility index (Phi) is 9.73. The molecule has 1 atom stereocenters. The molecule has 19 heavy (non-hydrogen) atoms. The van der Waals surface area contributed by atoms with E-state index >= 15 is 0 Å². The number of ether oxygens (including phenoxy) is 1. The molecule has 0 spiro atoms. The van der Waals surface area contributed by atoms with Crippen molar-refractivity contribution in [3.63, 3.8) is 0 Å². The van der Waals surface area contributed by atoms with Gasteiger partial charge in [0, 0.05) is 39.3 Å². The highest BCUT2D eigenvalue weighted by Gasteiger charge is 2.23. The molecule has 1 unspecified atom stereocenters. The first-order chi connectivity index (χ1) is 8.90. The van der Waals surface area contributed by atoms with Gasteiger partial charge in [-0.2, -0.15) is 0 Å². The van der Waals surface area contributed by atoms with Crippen LogP contribution in [0.15, 0.2) is 0 Å². The summed E-state index contributed by atoms with van der Waals surface area (Å²) in [7, 11) is 1.65. The molecule has 5 nitrogen and oxygen atoms in total. The maximum Gasteiger partial charge on any atom is 0.237 e. The average Bonchev–Trinajstić information content (AvgIpc) is 2.33. The Labute approximate surface area is 121 Å². The first-order valence-electron chi connectivity index (χ1n) is 6.70. The lowest BCUT2D eigenvalue weighted by atomic mass is 10.2. The lowest BCUT2D eigenvalue weighted by Crippen LogP contribution is -2.49. The number of rotatable bonds is 10. The van der Waals surface area contributed by atoms with E-state index in [2.05, 4.69) is 24.1 Å². The minimum absolute atomic E-state index is 0.0349. The van der Waals surface area contributed by atoms with Gasteiger partial charge in [0.25, 0.3) is 0 Å². The number of thiocarbonyl (C=S) groups is 1. The van der Waals surface area contributed by atoms with E-state index in [4.69, 9.17) is 22.7 Å². The highest BCUT2D eigenvalue weighted by Crippen LogP contribution is 2.07. The minimum atomic E-state index is -0.183. The summed E-state index contributed by atoms with van der Waals surface area (Å²) in [5.41, 5.74) is 5.52. The van der Waals surface area contributed by atoms with Crippen LogP contribution in [-0.4, -0.2) is 54.7 Å². The summed E-state index contributed by atoms with van der Waals surface area (Å²) in [6.07, 6.45) is 1.46. The summed E-state index contributed by atoms with van der Waals surface area (Å²) in [5.74, 6) is 0.0349. The van der Waals surface area contributed by atoms with Gasteiger partial charge in [-0.3, -0.25) is 9.69 Å². The summed E-state index contributed by atoms with van der Waals surface area (Å²) in [6, 6.07) is 0.0889. The van der Waals surface area contributed by atoms with Crippen molar-refractivity contribution >= 4 is 23.1 Å². The summed E-state index contributed by atoms with van der Waals surface area (Å²) in [5, 5.41) is 2.92. The van der Waals surface area contributed by atoms with Gasteiger partial charge < -0.3 is 15.8 Å². The number of carbonyl (C=O) groups excluding carboxylic acids is 1. The second-order valence-electron chi connectivity index (χ2n) is 4.86. The van der Waals surface area contributed by atoms with Crippen LogP contribution in [0.5, 0.6) is 0 Å². The van der Waals surface area contributed by atoms with Crippen molar-refractivity contribution in [1.82, 2.24) is 10.2 Å². The number of hydrogen-bond donors (Lipinski definition) is 2. The standard InChI is InChI=1S/C13H27N3O2S/c1-10(2)16(8-6-12(14)19)11(3)13(17)15-7-5-9-18-4/h10-11H,5-9H2,1-4H3,(H2,14,19)(H,15,17). The van der Waals surface area contributed by atoms with Crippen LogP contribution in [0.3, 0.4) is 0 Å². The molecule has 0 fully saturated rings. The molecule has 0 aliphatic heterocycles. The molecule has 0 bridgehead atoms. The van der Waals surface area contributed by atoms with Gasteiger partial charge >= 0.3 is 0 Å². The summed E-state index contributed by atoms with van der Waals surface area (Å²) in [6.45, 7) is 8.04. The monoisotopic (exact) mass is 289 g/mol. The van der Waals surface area contributed by atoms with Crippen molar-refractivity contribution in [2.75, 3.05) is 26.8 Å². The number of nitrogens with two attached hydrogens (primary N) is 1. The Bertz CT molecular complexity index is 285. The first-order valence-corrected chi connectivity index (χ1v) is 7.11. The third-order valence-corrected chi connectivity index (χ3v) is 3.19. The fourth-order valence-corrected chi connectivity index (χ4v) is 1.96. The number of methoxy groups -OCH3 is 1. The largest absolute Gasteiger partial charge is 0.393 e. The van der Waals surface area contributed by atoms with Gasteiger partial charge in [-0.05, 0) is 27.2 Å². The van der Waals surface area contributed by atoms with E-state index in [0.717, 1.165) is 6.42 Å². The van der Waals surface area contributed by atoms with E-state index in [1.54, 1.807) is 7.11 Å². The van der Waals surface area contributed by atoms with Crippen molar-refractivity contribution in [2.45, 2.75) is 45.7 Å². The van der Waals surface area contributed by atoms with E-state index in [1.165, 1.54) is 0 Å². The van der Waals surface area contributed by atoms with Gasteiger partial charge in [0.2, 0.25) is 5.91 Å². The Morgan fingerprint density at radius 3 is 2.53 bits per heavy atom. The molecule has 6 heteroatoms. The number of hydrogen-bond acceptors (Lipinski definition) is 4. The van der Waals surface area contributed by atoms with E-state index in [0.29, 0.717) is 31.1 Å². The normalized spacial score (nSPS) is 12.7. The minimum Gasteiger partial charge on any atom is -0.393 e. The molecule has 0 aromatic carbocycles. The number of nitrogens with one attached hydrogen (secondary N) is 1. The smallest absolute Gasteiger partial charge is 0.237 e. The van der Waals surface area contributed by atoms with Crippen LogP contribution in [0.4, 0.5) is 0 Å². The maximum absolute atomic E-state index is 12.0. The summed E-state index contributed by atoms with van der Waals surface area (Å²) in [4.78, 5) is 14.6. The zero-order valence-electron chi connectivity index (χ0n) is 12.4. The lowest BCUT2D eigenvalue weighted by Gasteiger charge is -2.31. The van der Waals surface area contributed by atoms with Crippen LogP contribution in [0.1, 0.15) is 33.6 Å². The van der Waals surface area contributed by atoms with E-state index in [9.17, 15) is 4.79 Å². The summed E-state index contributed by atoms with van der Waals surface area (Å²) >= 11 is 4.89. The molecular weight excluding hydrogens is 262 g/mol. The molecule has 0 radical (unpaired) electrons. The van der Waals surface area contributed by atoms with Crippen LogP contribution in [0, 0.1) is 0 Å². The van der Waals surface area contributed by atoms with Gasteiger partial charge in [-0.25, -0.2) is 0 Å². The Hall–Kier alpha value is -0.720. The fraction of sp³-hybridized carbons (Fsp3) is 0.846. The Balaban J connectivity index is 4.24. The SMILES string of the molecule is COCCCNC(=O)C(C)N(CCC(N)=S)C(C)C. The van der Waals surface area contributed by atoms with Crippen LogP contribution in [0.25, 0.3) is 0 Å². The predicted molar refractivity (Wildman–Crippen MR) is 82.2 cm³/mol. The van der Waals surface area contributed by atoms with E-state index < -0.39 is 0 Å². The van der Waals surface area contributed by atoms with Crippen molar-refractivity contribution in [1.29, 1.82) is 0 Å². The number of carbonyl (C=O) groups is 1. The second-order valence-corrected chi connectivity index (χ2v) is 5.39. The molecule has 0 saturated carbocycles. The number of nitrogens with zero attached hydrogens (tertiary/aromatic N) is 1. The molecule has 0 aliphatic carbocycles. The zero-order chi connectivity index (χ0) is 14.8. The average molecular weight is 289 g/mol. The molecular formula is C13H27N3O2S. The van der Waals surface area contributed by atoms with Gasteiger partial charge in [0.15, 0.2) is 0 Å². The van der Waals surface area contributed by atoms with Crippen molar-refractivity contribution in [3.8, 4) is 0 Å². The third-order valence-electron chi connectivity index (χ3n) is 2.98. The molecule has 3 N–H and O–H groups in total. The second kappa shape index (κ2) is 10.1. The molecule has 0 saturated heterocycles. The number of amides is 1. The van der Waals surface area contributed by atoms with Crippen molar-refractivity contribution < 1.29 is 9.53 Å². The first kappa shape index (κ1) is 18.3. The predicted octanol–water partition coefficient (Wildman–Crippen LogP) is 0.914. The molecule has 112 valence electrons. The third kappa shape index (κ3) is 8.13. The molecule has 0 aromatic rings. The van der Waals surface area contributed by atoms with Gasteiger partial charge in [-0.15, -0.1) is 0 Å². The highest BCUT2D eigenvalue weighted by atomic mass is 32.1. The topological polar surface area (TPSA) is 67.6 Å².